The molecule has 0 fully saturated rings. The van der Waals surface area contributed by atoms with Gasteiger partial charge in [-0.1, -0.05) is 0 Å². The minimum absolute atomic E-state index is 0.154. The molecular weight excluding hydrogens is 367 g/mol. The summed E-state index contributed by atoms with van der Waals surface area (Å²) in [5.41, 5.74) is -0.625. The van der Waals surface area contributed by atoms with E-state index in [-0.39, 0.29) is 16.1 Å². The normalized spacial score (nSPS) is 11.1. The van der Waals surface area contributed by atoms with E-state index in [9.17, 15) is 17.6 Å². The molecule has 0 amide bonds. The molecule has 1 heterocycles. The summed E-state index contributed by atoms with van der Waals surface area (Å²) in [6.07, 6.45) is 2.51. The molecule has 0 bridgehead atoms. The van der Waals surface area contributed by atoms with Crippen molar-refractivity contribution >= 4 is 37.6 Å². The van der Waals surface area contributed by atoms with Crippen molar-refractivity contribution < 1.29 is 22.7 Å². The number of anilines is 1. The van der Waals surface area contributed by atoms with Crippen LogP contribution in [0, 0.1) is 5.82 Å². The van der Waals surface area contributed by atoms with Crippen molar-refractivity contribution in [3.8, 4) is 0 Å². The number of aromatic carboxylic acids is 1. The second kappa shape index (κ2) is 5.78. The number of hydrogen-bond donors (Lipinski definition) is 2. The highest BCUT2D eigenvalue weighted by Crippen LogP contribution is 2.21. The highest BCUT2D eigenvalue weighted by molar-refractivity contribution is 9.10. The van der Waals surface area contributed by atoms with Crippen LogP contribution >= 0.6 is 15.9 Å². The summed E-state index contributed by atoms with van der Waals surface area (Å²) < 4.78 is 40.4. The Bertz CT molecular complexity index is 811. The molecule has 0 unspecified atom stereocenters. The smallest absolute Gasteiger partial charge is 0.335 e. The maximum atomic E-state index is 13.7. The van der Waals surface area contributed by atoms with Gasteiger partial charge >= 0.3 is 5.97 Å². The van der Waals surface area contributed by atoms with Crippen LogP contribution in [-0.2, 0) is 10.0 Å². The van der Waals surface area contributed by atoms with Crippen molar-refractivity contribution in [3.63, 3.8) is 0 Å². The number of aromatic nitrogens is 1. The Balaban J connectivity index is 2.35. The highest BCUT2D eigenvalue weighted by atomic mass is 79.9. The fourth-order valence-electron chi connectivity index (χ4n) is 1.47. The van der Waals surface area contributed by atoms with E-state index in [1.807, 2.05) is 4.72 Å². The minimum atomic E-state index is -4.02. The summed E-state index contributed by atoms with van der Waals surface area (Å²) in [5, 5.41) is 8.72. The molecule has 2 aromatic rings. The van der Waals surface area contributed by atoms with Gasteiger partial charge in [0.15, 0.2) is 0 Å². The van der Waals surface area contributed by atoms with Gasteiger partial charge in [-0.15, -0.1) is 0 Å². The number of benzene rings is 1. The molecule has 1 aromatic carbocycles. The van der Waals surface area contributed by atoms with Gasteiger partial charge in [0.1, 0.15) is 10.7 Å². The molecule has 0 spiro atoms. The highest BCUT2D eigenvalue weighted by Gasteiger charge is 2.18. The molecule has 0 aliphatic carbocycles. The summed E-state index contributed by atoms with van der Waals surface area (Å²) in [5.74, 6) is -2.29. The third-order valence-corrected chi connectivity index (χ3v) is 4.22. The molecule has 0 saturated heterocycles. The number of pyridine rings is 1. The van der Waals surface area contributed by atoms with Crippen LogP contribution in [0.15, 0.2) is 46.0 Å². The van der Waals surface area contributed by atoms with Gasteiger partial charge in [0.2, 0.25) is 0 Å². The second-order valence-electron chi connectivity index (χ2n) is 3.94. The van der Waals surface area contributed by atoms with E-state index < -0.39 is 21.8 Å². The average molecular weight is 375 g/mol. The zero-order valence-electron chi connectivity index (χ0n) is 10.2. The van der Waals surface area contributed by atoms with Gasteiger partial charge in [0.05, 0.1) is 11.3 Å². The van der Waals surface area contributed by atoms with E-state index in [0.29, 0.717) is 4.47 Å². The number of hydrogen-bond acceptors (Lipinski definition) is 4. The molecule has 110 valence electrons. The summed E-state index contributed by atoms with van der Waals surface area (Å²) >= 11 is 3.09. The van der Waals surface area contributed by atoms with Gasteiger partial charge in [-0.3, -0.25) is 9.71 Å². The van der Waals surface area contributed by atoms with Crippen molar-refractivity contribution in [2.45, 2.75) is 4.90 Å². The summed E-state index contributed by atoms with van der Waals surface area (Å²) in [7, 11) is -4.02. The molecule has 0 atom stereocenters. The first-order valence-corrected chi connectivity index (χ1v) is 7.73. The van der Waals surface area contributed by atoms with Gasteiger partial charge in [0.25, 0.3) is 10.0 Å². The number of carboxylic acid groups (broad SMARTS) is 1. The Morgan fingerprint density at radius 2 is 2.00 bits per heavy atom. The van der Waals surface area contributed by atoms with Crippen molar-refractivity contribution in [2.24, 2.45) is 0 Å². The van der Waals surface area contributed by atoms with Crippen LogP contribution in [0.5, 0.6) is 0 Å². The summed E-state index contributed by atoms with van der Waals surface area (Å²) in [6, 6.07) is 4.18. The lowest BCUT2D eigenvalue weighted by molar-refractivity contribution is 0.0696. The molecular formula is C12H8BrFN2O4S. The molecule has 2 N–H and O–H groups in total. The van der Waals surface area contributed by atoms with E-state index in [0.717, 1.165) is 24.4 Å². The van der Waals surface area contributed by atoms with E-state index in [1.54, 1.807) is 0 Å². The topological polar surface area (TPSA) is 96.4 Å². The second-order valence-corrected chi connectivity index (χ2v) is 6.54. The van der Waals surface area contributed by atoms with Crippen LogP contribution in [-0.4, -0.2) is 24.5 Å². The SMILES string of the molecule is O=C(O)c1ccc(NS(=O)(=O)c2cncc(Br)c2)c(F)c1. The Kier molecular flexibility index (Phi) is 4.24. The Morgan fingerprint density at radius 1 is 1.29 bits per heavy atom. The van der Waals surface area contributed by atoms with Crippen LogP contribution in [0.25, 0.3) is 0 Å². The van der Waals surface area contributed by atoms with Gasteiger partial charge < -0.3 is 5.11 Å². The zero-order chi connectivity index (χ0) is 15.6. The van der Waals surface area contributed by atoms with Gasteiger partial charge in [-0.25, -0.2) is 17.6 Å². The lowest BCUT2D eigenvalue weighted by Gasteiger charge is -2.09. The van der Waals surface area contributed by atoms with Crippen LogP contribution in [0.4, 0.5) is 10.1 Å². The van der Waals surface area contributed by atoms with Crippen molar-refractivity contribution in [1.82, 2.24) is 4.98 Å². The van der Waals surface area contributed by atoms with Crippen molar-refractivity contribution in [2.75, 3.05) is 4.72 Å². The standard InChI is InChI=1S/C12H8BrFN2O4S/c13-8-4-9(6-15-5-8)21(19,20)16-11-2-1-7(12(17)18)3-10(11)14/h1-6,16H,(H,17,18). The van der Waals surface area contributed by atoms with E-state index >= 15 is 0 Å². The first kappa shape index (κ1) is 15.4. The molecule has 0 radical (unpaired) electrons. The number of nitrogens with one attached hydrogen (secondary N) is 1. The summed E-state index contributed by atoms with van der Waals surface area (Å²) in [6.45, 7) is 0. The maximum Gasteiger partial charge on any atom is 0.335 e. The quantitative estimate of drug-likeness (QED) is 0.856. The molecule has 9 heteroatoms. The molecule has 0 aliphatic rings. The lowest BCUT2D eigenvalue weighted by atomic mass is 10.2. The number of carboxylic acids is 1. The predicted octanol–water partition coefficient (Wildman–Crippen LogP) is 2.48. The molecule has 21 heavy (non-hydrogen) atoms. The Morgan fingerprint density at radius 3 is 2.57 bits per heavy atom. The zero-order valence-corrected chi connectivity index (χ0v) is 12.6. The fourth-order valence-corrected chi connectivity index (χ4v) is 3.04. The van der Waals surface area contributed by atoms with Gasteiger partial charge in [-0.2, -0.15) is 0 Å². The first-order chi connectivity index (χ1) is 9.79. The number of rotatable bonds is 4. The van der Waals surface area contributed by atoms with Crippen LogP contribution < -0.4 is 4.72 Å². The van der Waals surface area contributed by atoms with Crippen molar-refractivity contribution in [1.29, 1.82) is 0 Å². The number of sulfonamides is 1. The third kappa shape index (κ3) is 3.56. The maximum absolute atomic E-state index is 13.7. The van der Waals surface area contributed by atoms with Crippen molar-refractivity contribution in [3.05, 3.63) is 52.5 Å². The Hall–Kier alpha value is -2.00. The van der Waals surface area contributed by atoms with Gasteiger partial charge in [0, 0.05) is 16.9 Å². The number of carbonyl (C=O) groups is 1. The fraction of sp³-hybridized carbons (Fsp3) is 0. The summed E-state index contributed by atoms with van der Waals surface area (Å²) in [4.78, 5) is 14.3. The van der Waals surface area contributed by atoms with Crippen LogP contribution in [0.2, 0.25) is 0 Å². The predicted molar refractivity (Wildman–Crippen MR) is 76.1 cm³/mol. The molecule has 1 aromatic heterocycles. The third-order valence-electron chi connectivity index (χ3n) is 2.45. The molecule has 6 nitrogen and oxygen atoms in total. The Labute approximate surface area is 127 Å². The molecule has 0 aliphatic heterocycles. The first-order valence-electron chi connectivity index (χ1n) is 5.46. The van der Waals surface area contributed by atoms with E-state index in [2.05, 4.69) is 20.9 Å². The lowest BCUT2D eigenvalue weighted by Crippen LogP contribution is -2.14. The van der Waals surface area contributed by atoms with Crippen LogP contribution in [0.1, 0.15) is 10.4 Å². The monoisotopic (exact) mass is 374 g/mol. The minimum Gasteiger partial charge on any atom is -0.478 e. The largest absolute Gasteiger partial charge is 0.478 e. The average Bonchev–Trinajstić information content (AvgIpc) is 2.40. The number of halogens is 2. The van der Waals surface area contributed by atoms with E-state index in [4.69, 9.17) is 5.11 Å². The molecule has 0 saturated carbocycles. The van der Waals surface area contributed by atoms with Crippen LogP contribution in [0.3, 0.4) is 0 Å². The molecule has 2 rings (SSSR count). The number of nitrogens with zero attached hydrogens (tertiary/aromatic N) is 1. The van der Waals surface area contributed by atoms with E-state index in [1.165, 1.54) is 12.3 Å². The van der Waals surface area contributed by atoms with Gasteiger partial charge in [-0.05, 0) is 40.2 Å².